The SMILES string of the molecule is O=C(/C=C/Nc1ccc(I)cc1)c1cccc(Br)c1. The highest BCUT2D eigenvalue weighted by molar-refractivity contribution is 14.1. The molecule has 0 aliphatic carbocycles. The minimum absolute atomic E-state index is 0.0284. The van der Waals surface area contributed by atoms with Crippen LogP contribution in [0.2, 0.25) is 0 Å². The van der Waals surface area contributed by atoms with Gasteiger partial charge in [0, 0.05) is 31.6 Å². The lowest BCUT2D eigenvalue weighted by Gasteiger charge is -2.00. The zero-order valence-electron chi connectivity index (χ0n) is 9.94. The van der Waals surface area contributed by atoms with Crippen LogP contribution in [0.25, 0.3) is 0 Å². The van der Waals surface area contributed by atoms with Crippen LogP contribution in [0.3, 0.4) is 0 Å². The van der Waals surface area contributed by atoms with E-state index in [1.807, 2.05) is 36.4 Å². The normalized spacial score (nSPS) is 10.6. The maximum Gasteiger partial charge on any atom is 0.187 e. The van der Waals surface area contributed by atoms with Crippen LogP contribution >= 0.6 is 38.5 Å². The van der Waals surface area contributed by atoms with Crippen molar-refractivity contribution >= 4 is 50.0 Å². The molecule has 4 heteroatoms. The fraction of sp³-hybridized carbons (Fsp3) is 0. The fourth-order valence-corrected chi connectivity index (χ4v) is 2.26. The summed E-state index contributed by atoms with van der Waals surface area (Å²) in [5.74, 6) is -0.0284. The molecule has 0 atom stereocenters. The minimum Gasteiger partial charge on any atom is -0.362 e. The number of carbonyl (C=O) groups excluding carboxylic acids is 1. The Balaban J connectivity index is 1.99. The standard InChI is InChI=1S/C15H11BrINO/c16-12-3-1-2-11(10-12)15(19)8-9-18-14-6-4-13(17)5-7-14/h1-10,18H/b9-8+. The number of anilines is 1. The summed E-state index contributed by atoms with van der Waals surface area (Å²) in [5.41, 5.74) is 1.62. The van der Waals surface area contributed by atoms with Crippen LogP contribution in [-0.4, -0.2) is 5.78 Å². The van der Waals surface area contributed by atoms with Gasteiger partial charge in [-0.15, -0.1) is 0 Å². The first-order valence-electron chi connectivity index (χ1n) is 5.64. The van der Waals surface area contributed by atoms with Gasteiger partial charge in [0.1, 0.15) is 0 Å². The van der Waals surface area contributed by atoms with Gasteiger partial charge in [-0.2, -0.15) is 0 Å². The van der Waals surface area contributed by atoms with Crippen molar-refractivity contribution in [3.05, 3.63) is 74.4 Å². The summed E-state index contributed by atoms with van der Waals surface area (Å²) in [7, 11) is 0. The maximum absolute atomic E-state index is 11.9. The molecule has 0 saturated heterocycles. The van der Waals surface area contributed by atoms with E-state index in [1.165, 1.54) is 9.65 Å². The quantitative estimate of drug-likeness (QED) is 0.428. The van der Waals surface area contributed by atoms with Crippen LogP contribution in [0.1, 0.15) is 10.4 Å². The number of hydrogen-bond acceptors (Lipinski definition) is 2. The molecule has 96 valence electrons. The van der Waals surface area contributed by atoms with Gasteiger partial charge >= 0.3 is 0 Å². The van der Waals surface area contributed by atoms with Crippen LogP contribution in [-0.2, 0) is 0 Å². The van der Waals surface area contributed by atoms with Gasteiger partial charge in [-0.1, -0.05) is 28.1 Å². The summed E-state index contributed by atoms with van der Waals surface area (Å²) in [4.78, 5) is 11.9. The summed E-state index contributed by atoms with van der Waals surface area (Å²) in [6, 6.07) is 15.3. The van der Waals surface area contributed by atoms with E-state index < -0.39 is 0 Å². The summed E-state index contributed by atoms with van der Waals surface area (Å²) < 4.78 is 2.08. The Bertz CT molecular complexity index is 608. The van der Waals surface area contributed by atoms with E-state index in [1.54, 1.807) is 18.3 Å². The molecule has 0 unspecified atom stereocenters. The molecular weight excluding hydrogens is 417 g/mol. The van der Waals surface area contributed by atoms with E-state index in [4.69, 9.17) is 0 Å². The van der Waals surface area contributed by atoms with Crippen molar-refractivity contribution in [2.45, 2.75) is 0 Å². The largest absolute Gasteiger partial charge is 0.362 e. The molecule has 0 amide bonds. The Morgan fingerprint density at radius 2 is 1.89 bits per heavy atom. The predicted octanol–water partition coefficient (Wildman–Crippen LogP) is 4.86. The second-order valence-corrected chi connectivity index (χ2v) is 6.02. The first-order chi connectivity index (χ1) is 9.15. The monoisotopic (exact) mass is 427 g/mol. The lowest BCUT2D eigenvalue weighted by Crippen LogP contribution is -1.96. The van der Waals surface area contributed by atoms with Gasteiger partial charge in [0.15, 0.2) is 5.78 Å². The zero-order chi connectivity index (χ0) is 13.7. The third-order valence-electron chi connectivity index (χ3n) is 2.44. The Kier molecular flexibility index (Phi) is 5.15. The number of ketones is 1. The van der Waals surface area contributed by atoms with Crippen molar-refractivity contribution in [3.63, 3.8) is 0 Å². The molecule has 2 rings (SSSR count). The third kappa shape index (κ3) is 4.47. The molecular formula is C15H11BrINO. The molecule has 0 spiro atoms. The lowest BCUT2D eigenvalue weighted by molar-refractivity contribution is 0.104. The number of halogens is 2. The molecule has 19 heavy (non-hydrogen) atoms. The average Bonchev–Trinajstić information content (AvgIpc) is 2.41. The number of benzene rings is 2. The molecule has 2 aromatic carbocycles. The third-order valence-corrected chi connectivity index (χ3v) is 3.65. The molecule has 0 bridgehead atoms. The summed E-state index contributed by atoms with van der Waals surface area (Å²) >= 11 is 5.60. The molecule has 2 nitrogen and oxygen atoms in total. The summed E-state index contributed by atoms with van der Waals surface area (Å²) in [5, 5.41) is 3.07. The van der Waals surface area contributed by atoms with Crippen LogP contribution in [0, 0.1) is 3.57 Å². The smallest absolute Gasteiger partial charge is 0.187 e. The number of rotatable bonds is 4. The molecule has 1 N–H and O–H groups in total. The Hall–Kier alpha value is -1.14. The molecule has 0 fully saturated rings. The Morgan fingerprint density at radius 3 is 2.58 bits per heavy atom. The second kappa shape index (κ2) is 6.86. The molecule has 0 saturated carbocycles. The number of hydrogen-bond donors (Lipinski definition) is 1. The van der Waals surface area contributed by atoms with Crippen LogP contribution in [0.15, 0.2) is 65.3 Å². The van der Waals surface area contributed by atoms with Gasteiger partial charge in [0.05, 0.1) is 0 Å². The van der Waals surface area contributed by atoms with Crippen molar-refractivity contribution in [1.29, 1.82) is 0 Å². The van der Waals surface area contributed by atoms with Gasteiger partial charge in [-0.05, 0) is 59.0 Å². The van der Waals surface area contributed by atoms with Crippen LogP contribution < -0.4 is 5.32 Å². The molecule has 0 radical (unpaired) electrons. The highest BCUT2D eigenvalue weighted by Gasteiger charge is 2.01. The summed E-state index contributed by atoms with van der Waals surface area (Å²) in [6.07, 6.45) is 3.19. The first kappa shape index (κ1) is 14.3. The Labute approximate surface area is 134 Å². The highest BCUT2D eigenvalue weighted by Crippen LogP contribution is 2.13. The van der Waals surface area contributed by atoms with E-state index in [9.17, 15) is 4.79 Å². The van der Waals surface area contributed by atoms with E-state index >= 15 is 0 Å². The Morgan fingerprint density at radius 1 is 1.16 bits per heavy atom. The van der Waals surface area contributed by atoms with Crippen LogP contribution in [0.5, 0.6) is 0 Å². The number of carbonyl (C=O) groups is 1. The van der Waals surface area contributed by atoms with Gasteiger partial charge in [0.2, 0.25) is 0 Å². The van der Waals surface area contributed by atoms with Gasteiger partial charge in [-0.25, -0.2) is 0 Å². The van der Waals surface area contributed by atoms with Crippen molar-refractivity contribution in [2.75, 3.05) is 5.32 Å². The van der Waals surface area contributed by atoms with Crippen molar-refractivity contribution in [2.24, 2.45) is 0 Å². The topological polar surface area (TPSA) is 29.1 Å². The zero-order valence-corrected chi connectivity index (χ0v) is 13.7. The van der Waals surface area contributed by atoms with Crippen molar-refractivity contribution < 1.29 is 4.79 Å². The van der Waals surface area contributed by atoms with E-state index in [0.717, 1.165) is 10.2 Å². The van der Waals surface area contributed by atoms with Crippen molar-refractivity contribution in [1.82, 2.24) is 0 Å². The average molecular weight is 428 g/mol. The van der Waals surface area contributed by atoms with E-state index in [0.29, 0.717) is 5.56 Å². The second-order valence-electron chi connectivity index (χ2n) is 3.86. The molecule has 0 aliphatic heterocycles. The first-order valence-corrected chi connectivity index (χ1v) is 7.51. The number of nitrogens with one attached hydrogen (secondary N) is 1. The molecule has 0 aliphatic rings. The number of allylic oxidation sites excluding steroid dienone is 1. The minimum atomic E-state index is -0.0284. The fourth-order valence-electron chi connectivity index (χ4n) is 1.50. The van der Waals surface area contributed by atoms with Gasteiger partial charge in [0.25, 0.3) is 0 Å². The van der Waals surface area contributed by atoms with Crippen LogP contribution in [0.4, 0.5) is 5.69 Å². The van der Waals surface area contributed by atoms with Gasteiger partial charge < -0.3 is 5.32 Å². The molecule has 0 aromatic heterocycles. The predicted molar refractivity (Wildman–Crippen MR) is 90.4 cm³/mol. The van der Waals surface area contributed by atoms with E-state index in [2.05, 4.69) is 43.8 Å². The van der Waals surface area contributed by atoms with E-state index in [-0.39, 0.29) is 5.78 Å². The molecule has 2 aromatic rings. The summed E-state index contributed by atoms with van der Waals surface area (Å²) in [6.45, 7) is 0. The van der Waals surface area contributed by atoms with Crippen molar-refractivity contribution in [3.8, 4) is 0 Å². The molecule has 0 heterocycles. The lowest BCUT2D eigenvalue weighted by atomic mass is 10.1. The van der Waals surface area contributed by atoms with Gasteiger partial charge in [-0.3, -0.25) is 4.79 Å². The highest BCUT2D eigenvalue weighted by atomic mass is 127. The maximum atomic E-state index is 11.9.